The lowest BCUT2D eigenvalue weighted by Crippen LogP contribution is -2.00. The lowest BCUT2D eigenvalue weighted by atomic mass is 9.88. The van der Waals surface area contributed by atoms with E-state index in [0.717, 1.165) is 5.75 Å². The predicted octanol–water partition coefficient (Wildman–Crippen LogP) is 7.19. The molecule has 0 N–H and O–H groups in total. The zero-order valence-electron chi connectivity index (χ0n) is 16.3. The van der Waals surface area contributed by atoms with Crippen LogP contribution in [-0.2, 0) is 16.6 Å². The van der Waals surface area contributed by atoms with E-state index in [4.69, 9.17) is 0 Å². The van der Waals surface area contributed by atoms with Crippen molar-refractivity contribution < 1.29 is 0 Å². The third-order valence-electron chi connectivity index (χ3n) is 5.50. The van der Waals surface area contributed by atoms with Crippen molar-refractivity contribution in [1.29, 1.82) is 0 Å². The van der Waals surface area contributed by atoms with Crippen LogP contribution in [0.1, 0.15) is 5.56 Å². The second kappa shape index (κ2) is 7.00. The summed E-state index contributed by atoms with van der Waals surface area (Å²) in [7, 11) is 0.382. The van der Waals surface area contributed by atoms with Crippen molar-refractivity contribution in [3.63, 3.8) is 0 Å². The molecule has 0 atom stereocenters. The molecule has 5 rings (SSSR count). The average molecular weight is 380 g/mol. The molecule has 28 heavy (non-hydrogen) atoms. The fourth-order valence-electron chi connectivity index (χ4n) is 4.32. The van der Waals surface area contributed by atoms with E-state index in [9.17, 15) is 0 Å². The minimum atomic E-state index is 0.382. The fraction of sp³-hybridized carbons (Fsp3) is 0.111. The van der Waals surface area contributed by atoms with Crippen molar-refractivity contribution in [2.75, 3.05) is 12.5 Å². The minimum absolute atomic E-state index is 0.382. The first-order valence-electron chi connectivity index (χ1n) is 9.68. The molecule has 0 aromatic heterocycles. The zero-order chi connectivity index (χ0) is 19.1. The molecule has 0 aliphatic heterocycles. The maximum absolute atomic E-state index is 2.35. The van der Waals surface area contributed by atoms with Crippen LogP contribution in [0.15, 0.2) is 91.0 Å². The molecule has 0 saturated carbocycles. The molecule has 136 valence electrons. The maximum atomic E-state index is 2.35. The molecule has 0 saturated heterocycles. The van der Waals surface area contributed by atoms with E-state index in [1.54, 1.807) is 0 Å². The highest BCUT2D eigenvalue weighted by atomic mass is 32.2. The van der Waals surface area contributed by atoms with Crippen LogP contribution >= 0.6 is 0 Å². The van der Waals surface area contributed by atoms with Gasteiger partial charge in [-0.1, -0.05) is 84.9 Å². The van der Waals surface area contributed by atoms with Crippen LogP contribution in [0, 0.1) is 0 Å². The van der Waals surface area contributed by atoms with Crippen molar-refractivity contribution in [3.05, 3.63) is 96.6 Å². The Hall–Kier alpha value is -2.77. The topological polar surface area (TPSA) is 0 Å². The van der Waals surface area contributed by atoms with Gasteiger partial charge in [-0.2, -0.15) is 0 Å². The second-order valence-corrected chi connectivity index (χ2v) is 9.90. The molecule has 0 bridgehead atoms. The number of hydrogen-bond acceptors (Lipinski definition) is 0. The summed E-state index contributed by atoms with van der Waals surface area (Å²) in [6.45, 7) is 0. The van der Waals surface area contributed by atoms with Gasteiger partial charge in [-0.05, 0) is 60.4 Å². The van der Waals surface area contributed by atoms with Gasteiger partial charge in [-0.15, -0.1) is 0 Å². The number of hydrogen-bond donors (Lipinski definition) is 0. The van der Waals surface area contributed by atoms with E-state index in [-0.39, 0.29) is 0 Å². The molecular weight excluding hydrogens is 356 g/mol. The van der Waals surface area contributed by atoms with E-state index >= 15 is 0 Å². The second-order valence-electron chi connectivity index (χ2n) is 7.64. The molecule has 1 heteroatoms. The maximum Gasteiger partial charge on any atom is 0.133 e. The largest absolute Gasteiger partial charge is 0.133 e. The molecule has 0 aliphatic carbocycles. The lowest BCUT2D eigenvalue weighted by Gasteiger charge is -2.16. The van der Waals surface area contributed by atoms with Gasteiger partial charge in [-0.25, -0.2) is 0 Å². The fourth-order valence-corrected chi connectivity index (χ4v) is 5.19. The van der Waals surface area contributed by atoms with Gasteiger partial charge in [0.1, 0.15) is 5.75 Å². The predicted molar refractivity (Wildman–Crippen MR) is 127 cm³/mol. The third-order valence-corrected chi connectivity index (χ3v) is 6.39. The van der Waals surface area contributed by atoms with Gasteiger partial charge in [0.2, 0.25) is 0 Å². The first kappa shape index (κ1) is 17.3. The van der Waals surface area contributed by atoms with Crippen molar-refractivity contribution in [3.8, 4) is 11.1 Å². The average Bonchev–Trinajstić information content (AvgIpc) is 2.72. The first-order chi connectivity index (χ1) is 13.7. The molecule has 0 fully saturated rings. The lowest BCUT2D eigenvalue weighted by molar-refractivity contribution is 1.45. The Morgan fingerprint density at radius 1 is 0.571 bits per heavy atom. The summed E-state index contributed by atoms with van der Waals surface area (Å²) in [4.78, 5) is 0. The summed E-state index contributed by atoms with van der Waals surface area (Å²) in [5.41, 5.74) is 4.14. The summed E-state index contributed by atoms with van der Waals surface area (Å²) in [6.07, 6.45) is 4.64. The molecule has 0 amide bonds. The first-order valence-corrected chi connectivity index (χ1v) is 11.9. The molecule has 0 nitrogen and oxygen atoms in total. The van der Waals surface area contributed by atoms with E-state index < -0.39 is 0 Å². The highest BCUT2D eigenvalue weighted by molar-refractivity contribution is 7.94. The van der Waals surface area contributed by atoms with Crippen LogP contribution < -0.4 is 0 Å². The molecule has 5 aromatic carbocycles. The Morgan fingerprint density at radius 3 is 1.71 bits per heavy atom. The van der Waals surface area contributed by atoms with E-state index in [1.165, 1.54) is 49.0 Å². The normalized spacial score (nSPS) is 11.7. The van der Waals surface area contributed by atoms with Gasteiger partial charge >= 0.3 is 0 Å². The Balaban J connectivity index is 1.92. The Labute approximate surface area is 169 Å². The van der Waals surface area contributed by atoms with E-state index in [1.807, 2.05) is 0 Å². The monoisotopic (exact) mass is 379 g/mol. The summed E-state index contributed by atoms with van der Waals surface area (Å²) < 4.78 is 0. The molecule has 5 aromatic rings. The van der Waals surface area contributed by atoms with Gasteiger partial charge in [0, 0.05) is 5.56 Å². The standard InChI is InChI=1S/C27H23S/c1-28(2)18-21-15-16-26(25-14-8-7-11-22(21)25)27-23-12-5-3-9-19(23)17-20-10-4-6-13-24(20)27/h3-17H,18H2,1-2H3/q+1. The minimum Gasteiger partial charge on any atom is -0.0616 e. The molecular formula is C27H23S+. The summed E-state index contributed by atoms with van der Waals surface area (Å²) in [5, 5.41) is 7.99. The Kier molecular flexibility index (Phi) is 4.33. The number of rotatable bonds is 3. The van der Waals surface area contributed by atoms with Crippen LogP contribution in [0.3, 0.4) is 0 Å². The number of fused-ring (bicyclic) bond motifs is 3. The van der Waals surface area contributed by atoms with E-state index in [0.29, 0.717) is 10.9 Å². The van der Waals surface area contributed by atoms with Crippen LogP contribution in [0.2, 0.25) is 0 Å². The smallest absolute Gasteiger partial charge is 0.0616 e. The van der Waals surface area contributed by atoms with Crippen molar-refractivity contribution in [2.24, 2.45) is 0 Å². The van der Waals surface area contributed by atoms with Crippen LogP contribution in [-0.4, -0.2) is 12.5 Å². The quantitative estimate of drug-likeness (QED) is 0.230. The van der Waals surface area contributed by atoms with E-state index in [2.05, 4.69) is 104 Å². The van der Waals surface area contributed by atoms with Crippen LogP contribution in [0.4, 0.5) is 0 Å². The number of benzene rings is 5. The highest BCUT2D eigenvalue weighted by Gasteiger charge is 2.15. The van der Waals surface area contributed by atoms with Crippen molar-refractivity contribution in [1.82, 2.24) is 0 Å². The summed E-state index contributed by atoms with van der Waals surface area (Å²) >= 11 is 0. The molecule has 0 aliphatic rings. The van der Waals surface area contributed by atoms with Crippen molar-refractivity contribution >= 4 is 43.2 Å². The highest BCUT2D eigenvalue weighted by Crippen LogP contribution is 2.40. The molecule has 0 spiro atoms. The van der Waals surface area contributed by atoms with Crippen molar-refractivity contribution in [2.45, 2.75) is 5.75 Å². The molecule has 0 radical (unpaired) electrons. The van der Waals surface area contributed by atoms with Gasteiger partial charge in [0.25, 0.3) is 0 Å². The van der Waals surface area contributed by atoms with Gasteiger partial charge < -0.3 is 0 Å². The van der Waals surface area contributed by atoms with Gasteiger partial charge in [-0.3, -0.25) is 0 Å². The Morgan fingerprint density at radius 2 is 1.11 bits per heavy atom. The zero-order valence-corrected chi connectivity index (χ0v) is 17.1. The summed E-state index contributed by atoms with van der Waals surface area (Å²) in [5.74, 6) is 1.14. The van der Waals surface area contributed by atoms with Crippen LogP contribution in [0.5, 0.6) is 0 Å². The van der Waals surface area contributed by atoms with Gasteiger partial charge in [0.15, 0.2) is 0 Å². The molecule has 0 unspecified atom stereocenters. The SMILES string of the molecule is C[S+](C)Cc1ccc(-c2c3ccccc3cc3ccccc23)c2ccccc12. The summed E-state index contributed by atoms with van der Waals surface area (Å²) in [6, 6.07) is 33.4. The van der Waals surface area contributed by atoms with Gasteiger partial charge in [0.05, 0.1) is 12.5 Å². The third kappa shape index (κ3) is 2.87. The van der Waals surface area contributed by atoms with Crippen LogP contribution in [0.25, 0.3) is 43.4 Å². The Bertz CT molecular complexity index is 1260. The molecule has 0 heterocycles.